The highest BCUT2D eigenvalue weighted by molar-refractivity contribution is 5.84. The van der Waals surface area contributed by atoms with Gasteiger partial charge in [-0.25, -0.2) is 0 Å². The molecule has 3 heteroatoms. The molecule has 3 N–H and O–H groups in total. The van der Waals surface area contributed by atoms with Crippen LogP contribution in [0, 0.1) is 6.92 Å². The van der Waals surface area contributed by atoms with Gasteiger partial charge in [0.15, 0.2) is 0 Å². The lowest BCUT2D eigenvalue weighted by molar-refractivity contribution is -0.124. The SMILES string of the molecule is Cc1ccc(CC(C)(N[C@@H](C)c2ccccc2)C(N)=O)cc1. The highest BCUT2D eigenvalue weighted by Gasteiger charge is 2.32. The largest absolute Gasteiger partial charge is 0.368 e. The summed E-state index contributed by atoms with van der Waals surface area (Å²) in [6.45, 7) is 5.97. The van der Waals surface area contributed by atoms with Crippen molar-refractivity contribution < 1.29 is 4.79 Å². The van der Waals surface area contributed by atoms with Gasteiger partial charge in [-0.05, 0) is 38.3 Å². The van der Waals surface area contributed by atoms with Gasteiger partial charge in [-0.1, -0.05) is 60.2 Å². The maximum absolute atomic E-state index is 12.0. The number of hydrogen-bond donors (Lipinski definition) is 2. The average molecular weight is 296 g/mol. The Labute approximate surface area is 132 Å². The predicted molar refractivity (Wildman–Crippen MR) is 90.5 cm³/mol. The topological polar surface area (TPSA) is 55.1 Å². The molecule has 3 nitrogen and oxygen atoms in total. The summed E-state index contributed by atoms with van der Waals surface area (Å²) >= 11 is 0. The summed E-state index contributed by atoms with van der Waals surface area (Å²) in [7, 11) is 0. The normalized spacial score (nSPS) is 15.0. The molecule has 0 aromatic heterocycles. The molecule has 0 heterocycles. The Morgan fingerprint density at radius 1 is 1.14 bits per heavy atom. The van der Waals surface area contributed by atoms with E-state index in [1.165, 1.54) is 5.56 Å². The van der Waals surface area contributed by atoms with E-state index in [-0.39, 0.29) is 11.9 Å². The number of benzene rings is 2. The van der Waals surface area contributed by atoms with Crippen LogP contribution < -0.4 is 11.1 Å². The fourth-order valence-corrected chi connectivity index (χ4v) is 2.63. The van der Waals surface area contributed by atoms with Crippen molar-refractivity contribution in [1.29, 1.82) is 0 Å². The highest BCUT2D eigenvalue weighted by Crippen LogP contribution is 2.20. The fraction of sp³-hybridized carbons (Fsp3) is 0.316. The van der Waals surface area contributed by atoms with Gasteiger partial charge in [0.25, 0.3) is 0 Å². The molecule has 0 aliphatic heterocycles. The van der Waals surface area contributed by atoms with Crippen LogP contribution in [0.2, 0.25) is 0 Å². The standard InChI is InChI=1S/C19H24N2O/c1-14-9-11-16(12-10-14)13-19(3,18(20)22)21-15(2)17-7-5-4-6-8-17/h4-12,15,21H,13H2,1-3H3,(H2,20,22)/t15-,19?/m0/s1. The minimum Gasteiger partial charge on any atom is -0.368 e. The van der Waals surface area contributed by atoms with E-state index >= 15 is 0 Å². The van der Waals surface area contributed by atoms with E-state index in [1.54, 1.807) is 0 Å². The third-order valence-corrected chi connectivity index (χ3v) is 4.06. The first-order valence-electron chi connectivity index (χ1n) is 7.59. The summed E-state index contributed by atoms with van der Waals surface area (Å²) in [5, 5.41) is 3.40. The van der Waals surface area contributed by atoms with Crippen LogP contribution in [0.1, 0.15) is 36.6 Å². The summed E-state index contributed by atoms with van der Waals surface area (Å²) < 4.78 is 0. The Bertz CT molecular complexity index is 622. The first-order valence-corrected chi connectivity index (χ1v) is 7.59. The van der Waals surface area contributed by atoms with E-state index in [4.69, 9.17) is 5.73 Å². The number of nitrogens with one attached hydrogen (secondary N) is 1. The predicted octanol–water partition coefficient (Wildman–Crippen LogP) is 3.13. The number of aryl methyl sites for hydroxylation is 1. The van der Waals surface area contributed by atoms with Crippen molar-refractivity contribution in [2.45, 2.75) is 38.8 Å². The molecule has 0 fully saturated rings. The van der Waals surface area contributed by atoms with E-state index < -0.39 is 5.54 Å². The van der Waals surface area contributed by atoms with Crippen LogP contribution in [-0.4, -0.2) is 11.4 Å². The maximum atomic E-state index is 12.0. The second-order valence-corrected chi connectivity index (χ2v) is 6.14. The van der Waals surface area contributed by atoms with Crippen molar-refractivity contribution in [2.75, 3.05) is 0 Å². The van der Waals surface area contributed by atoms with Crippen LogP contribution in [0.4, 0.5) is 0 Å². The zero-order valence-electron chi connectivity index (χ0n) is 13.5. The molecule has 0 spiro atoms. The Hall–Kier alpha value is -2.13. The lowest BCUT2D eigenvalue weighted by Gasteiger charge is -2.31. The Balaban J connectivity index is 2.17. The minimum absolute atomic E-state index is 0.0455. The van der Waals surface area contributed by atoms with Crippen molar-refractivity contribution in [3.8, 4) is 0 Å². The van der Waals surface area contributed by atoms with Gasteiger partial charge < -0.3 is 5.73 Å². The van der Waals surface area contributed by atoms with Gasteiger partial charge in [0, 0.05) is 6.04 Å². The zero-order valence-corrected chi connectivity index (χ0v) is 13.5. The molecule has 116 valence electrons. The first kappa shape index (κ1) is 16.2. The van der Waals surface area contributed by atoms with Gasteiger partial charge in [0.2, 0.25) is 5.91 Å². The van der Waals surface area contributed by atoms with E-state index in [1.807, 2.05) is 63.2 Å². The van der Waals surface area contributed by atoms with Crippen LogP contribution in [0.5, 0.6) is 0 Å². The van der Waals surface area contributed by atoms with E-state index in [0.717, 1.165) is 11.1 Å². The van der Waals surface area contributed by atoms with Crippen molar-refractivity contribution in [1.82, 2.24) is 5.32 Å². The van der Waals surface area contributed by atoms with Crippen LogP contribution in [0.25, 0.3) is 0 Å². The van der Waals surface area contributed by atoms with Gasteiger partial charge in [-0.3, -0.25) is 10.1 Å². The van der Waals surface area contributed by atoms with E-state index in [2.05, 4.69) is 17.4 Å². The number of primary amides is 1. The summed E-state index contributed by atoms with van der Waals surface area (Å²) in [6.07, 6.45) is 0.569. The molecule has 22 heavy (non-hydrogen) atoms. The Morgan fingerprint density at radius 3 is 2.27 bits per heavy atom. The molecule has 0 aliphatic rings. The van der Waals surface area contributed by atoms with E-state index in [0.29, 0.717) is 6.42 Å². The first-order chi connectivity index (χ1) is 10.4. The number of carbonyl (C=O) groups excluding carboxylic acids is 1. The average Bonchev–Trinajstić information content (AvgIpc) is 2.50. The second-order valence-electron chi connectivity index (χ2n) is 6.14. The third kappa shape index (κ3) is 3.95. The summed E-state index contributed by atoms with van der Waals surface area (Å²) in [6, 6.07) is 18.3. The van der Waals surface area contributed by atoms with Crippen LogP contribution in [0.3, 0.4) is 0 Å². The highest BCUT2D eigenvalue weighted by atomic mass is 16.1. The van der Waals surface area contributed by atoms with Crippen LogP contribution in [0.15, 0.2) is 54.6 Å². The summed E-state index contributed by atoms with van der Waals surface area (Å²) in [5.74, 6) is -0.337. The van der Waals surface area contributed by atoms with Crippen LogP contribution in [-0.2, 0) is 11.2 Å². The van der Waals surface area contributed by atoms with Gasteiger partial charge in [0.1, 0.15) is 0 Å². The van der Waals surface area contributed by atoms with Crippen molar-refractivity contribution in [3.63, 3.8) is 0 Å². The third-order valence-electron chi connectivity index (χ3n) is 4.06. The molecule has 0 bridgehead atoms. The molecule has 1 unspecified atom stereocenters. The van der Waals surface area contributed by atoms with Gasteiger partial charge in [-0.2, -0.15) is 0 Å². The van der Waals surface area contributed by atoms with Crippen molar-refractivity contribution in [3.05, 3.63) is 71.3 Å². The molecule has 2 aromatic rings. The molecule has 2 aromatic carbocycles. The summed E-state index contributed by atoms with van der Waals surface area (Å²) in [5.41, 5.74) is 8.33. The lowest BCUT2D eigenvalue weighted by Crippen LogP contribution is -2.55. The van der Waals surface area contributed by atoms with Gasteiger partial charge in [-0.15, -0.1) is 0 Å². The molecule has 2 atom stereocenters. The number of rotatable bonds is 6. The molecule has 2 rings (SSSR count). The maximum Gasteiger partial charge on any atom is 0.237 e. The quantitative estimate of drug-likeness (QED) is 0.860. The zero-order chi connectivity index (χ0) is 16.2. The molecular weight excluding hydrogens is 272 g/mol. The molecule has 0 aliphatic carbocycles. The minimum atomic E-state index is -0.787. The monoisotopic (exact) mass is 296 g/mol. The van der Waals surface area contributed by atoms with Crippen molar-refractivity contribution >= 4 is 5.91 Å². The molecule has 0 radical (unpaired) electrons. The molecular formula is C19H24N2O. The number of carbonyl (C=O) groups is 1. The lowest BCUT2D eigenvalue weighted by atomic mass is 9.90. The van der Waals surface area contributed by atoms with E-state index in [9.17, 15) is 4.79 Å². The number of amides is 1. The Morgan fingerprint density at radius 2 is 1.73 bits per heavy atom. The molecule has 0 saturated heterocycles. The fourth-order valence-electron chi connectivity index (χ4n) is 2.63. The summed E-state index contributed by atoms with van der Waals surface area (Å²) in [4.78, 5) is 12.0. The van der Waals surface area contributed by atoms with Gasteiger partial charge >= 0.3 is 0 Å². The molecule has 0 saturated carbocycles. The second kappa shape index (κ2) is 6.75. The van der Waals surface area contributed by atoms with Crippen LogP contribution >= 0.6 is 0 Å². The number of nitrogens with two attached hydrogens (primary N) is 1. The molecule has 1 amide bonds. The smallest absolute Gasteiger partial charge is 0.237 e. The van der Waals surface area contributed by atoms with Gasteiger partial charge in [0.05, 0.1) is 5.54 Å². The number of hydrogen-bond acceptors (Lipinski definition) is 2. The Kier molecular flexibility index (Phi) is 4.99. The van der Waals surface area contributed by atoms with Crippen molar-refractivity contribution in [2.24, 2.45) is 5.73 Å².